The number of benzene rings is 2. The molecular weight excluding hydrogens is 427 g/mol. The number of hydrogen-bond donors (Lipinski definition) is 1. The summed E-state index contributed by atoms with van der Waals surface area (Å²) in [6.07, 6.45) is 1.20. The number of carbonyl (C=O) groups excluding carboxylic acids is 2. The molecule has 2 aromatic carbocycles. The van der Waals surface area contributed by atoms with Crippen molar-refractivity contribution >= 4 is 57.4 Å². The average Bonchev–Trinajstić information content (AvgIpc) is 2.71. The van der Waals surface area contributed by atoms with E-state index in [1.165, 1.54) is 6.20 Å². The summed E-state index contributed by atoms with van der Waals surface area (Å²) in [5, 5.41) is 4.48. The van der Waals surface area contributed by atoms with E-state index in [9.17, 15) is 9.59 Å². The number of fused-ring (bicyclic) bond motifs is 1. The Balaban J connectivity index is 2.03. The van der Waals surface area contributed by atoms with Crippen molar-refractivity contribution in [3.63, 3.8) is 0 Å². The van der Waals surface area contributed by atoms with Gasteiger partial charge in [-0.05, 0) is 57.2 Å². The van der Waals surface area contributed by atoms with Crippen LogP contribution in [0.2, 0.25) is 10.0 Å². The molecule has 0 atom stereocenters. The highest BCUT2D eigenvalue weighted by Gasteiger charge is 2.19. The van der Waals surface area contributed by atoms with Crippen LogP contribution in [-0.2, 0) is 9.47 Å². The Morgan fingerprint density at radius 2 is 1.77 bits per heavy atom. The van der Waals surface area contributed by atoms with E-state index < -0.39 is 11.9 Å². The van der Waals surface area contributed by atoms with Gasteiger partial charge in [0.05, 0.1) is 39.5 Å². The van der Waals surface area contributed by atoms with Crippen molar-refractivity contribution in [1.82, 2.24) is 4.98 Å². The number of carbonyl (C=O) groups is 2. The predicted molar refractivity (Wildman–Crippen MR) is 118 cm³/mol. The standard InChI is InChI=1S/C22H20Cl2N2O4/c1-4-29-22(28)16-11-25-20-15(9-10-17(23)18(20)24)19(16)26-14-7-5-13(6-8-14)21(27)30-12(2)3/h5-12H,4H2,1-3H3,(H,25,26). The highest BCUT2D eigenvalue weighted by molar-refractivity contribution is 6.45. The minimum Gasteiger partial charge on any atom is -0.462 e. The average molecular weight is 447 g/mol. The molecule has 0 aliphatic heterocycles. The minimum atomic E-state index is -0.516. The third-order valence-corrected chi connectivity index (χ3v) is 4.95. The van der Waals surface area contributed by atoms with Crippen LogP contribution in [0.1, 0.15) is 41.5 Å². The summed E-state index contributed by atoms with van der Waals surface area (Å²) in [6, 6.07) is 10.1. The van der Waals surface area contributed by atoms with Gasteiger partial charge in [0.25, 0.3) is 0 Å². The number of esters is 2. The highest BCUT2D eigenvalue weighted by Crippen LogP contribution is 2.36. The van der Waals surface area contributed by atoms with Gasteiger partial charge in [0.2, 0.25) is 0 Å². The van der Waals surface area contributed by atoms with Crippen LogP contribution in [-0.4, -0.2) is 29.6 Å². The van der Waals surface area contributed by atoms with Gasteiger partial charge in [-0.2, -0.15) is 0 Å². The Kier molecular flexibility index (Phi) is 6.80. The van der Waals surface area contributed by atoms with Crippen molar-refractivity contribution in [2.24, 2.45) is 0 Å². The molecule has 0 unspecified atom stereocenters. The zero-order valence-electron chi connectivity index (χ0n) is 16.7. The van der Waals surface area contributed by atoms with E-state index in [0.717, 1.165) is 0 Å². The molecule has 6 nitrogen and oxygen atoms in total. The molecule has 8 heteroatoms. The molecule has 0 aliphatic rings. The van der Waals surface area contributed by atoms with Gasteiger partial charge in [0, 0.05) is 17.3 Å². The lowest BCUT2D eigenvalue weighted by Crippen LogP contribution is -2.11. The van der Waals surface area contributed by atoms with E-state index in [2.05, 4.69) is 10.3 Å². The van der Waals surface area contributed by atoms with Gasteiger partial charge in [-0.3, -0.25) is 4.98 Å². The van der Waals surface area contributed by atoms with Crippen LogP contribution >= 0.6 is 23.2 Å². The number of nitrogens with zero attached hydrogens (tertiary/aromatic N) is 1. The Morgan fingerprint density at radius 3 is 2.40 bits per heavy atom. The number of hydrogen-bond acceptors (Lipinski definition) is 6. The quantitative estimate of drug-likeness (QED) is 0.465. The third kappa shape index (κ3) is 4.66. The molecule has 0 aliphatic carbocycles. The largest absolute Gasteiger partial charge is 0.462 e. The van der Waals surface area contributed by atoms with Crippen LogP contribution in [0.15, 0.2) is 42.6 Å². The van der Waals surface area contributed by atoms with Gasteiger partial charge >= 0.3 is 11.9 Å². The van der Waals surface area contributed by atoms with Gasteiger partial charge in [-0.1, -0.05) is 23.2 Å². The molecule has 0 fully saturated rings. The van der Waals surface area contributed by atoms with Gasteiger partial charge < -0.3 is 14.8 Å². The summed E-state index contributed by atoms with van der Waals surface area (Å²) in [5.74, 6) is -0.919. The maximum atomic E-state index is 12.5. The Morgan fingerprint density at radius 1 is 1.07 bits per heavy atom. The molecule has 1 heterocycles. The Bertz CT molecular complexity index is 1100. The maximum Gasteiger partial charge on any atom is 0.341 e. The summed E-state index contributed by atoms with van der Waals surface area (Å²) in [7, 11) is 0. The van der Waals surface area contributed by atoms with E-state index in [-0.39, 0.29) is 18.3 Å². The molecule has 0 saturated carbocycles. The first-order valence-electron chi connectivity index (χ1n) is 9.33. The summed E-state index contributed by atoms with van der Waals surface area (Å²) in [5.41, 5.74) is 2.27. The van der Waals surface area contributed by atoms with E-state index in [1.54, 1.807) is 57.2 Å². The van der Waals surface area contributed by atoms with Crippen molar-refractivity contribution < 1.29 is 19.1 Å². The second-order valence-electron chi connectivity index (χ2n) is 6.68. The van der Waals surface area contributed by atoms with Crippen LogP contribution in [0, 0.1) is 0 Å². The summed E-state index contributed by atoms with van der Waals surface area (Å²) in [6.45, 7) is 5.53. The van der Waals surface area contributed by atoms with Gasteiger partial charge in [-0.25, -0.2) is 9.59 Å². The summed E-state index contributed by atoms with van der Waals surface area (Å²) in [4.78, 5) is 28.8. The van der Waals surface area contributed by atoms with E-state index in [1.807, 2.05) is 0 Å². The van der Waals surface area contributed by atoms with Crippen LogP contribution in [0.25, 0.3) is 10.9 Å². The minimum absolute atomic E-state index is 0.206. The van der Waals surface area contributed by atoms with E-state index in [0.29, 0.717) is 37.9 Å². The summed E-state index contributed by atoms with van der Waals surface area (Å²) >= 11 is 12.4. The lowest BCUT2D eigenvalue weighted by Gasteiger charge is -2.15. The van der Waals surface area contributed by atoms with Crippen molar-refractivity contribution in [2.45, 2.75) is 26.9 Å². The fraction of sp³-hybridized carbons (Fsp3) is 0.227. The maximum absolute atomic E-state index is 12.5. The smallest absolute Gasteiger partial charge is 0.341 e. The number of nitrogens with one attached hydrogen (secondary N) is 1. The molecule has 156 valence electrons. The molecule has 0 radical (unpaired) electrons. The second kappa shape index (κ2) is 9.32. The highest BCUT2D eigenvalue weighted by atomic mass is 35.5. The third-order valence-electron chi connectivity index (χ3n) is 4.16. The van der Waals surface area contributed by atoms with Gasteiger partial charge in [0.15, 0.2) is 0 Å². The first-order chi connectivity index (χ1) is 14.3. The number of aromatic nitrogens is 1. The number of rotatable bonds is 6. The van der Waals surface area contributed by atoms with Crippen LogP contribution in [0.4, 0.5) is 11.4 Å². The van der Waals surface area contributed by atoms with Crippen LogP contribution in [0.5, 0.6) is 0 Å². The van der Waals surface area contributed by atoms with E-state index in [4.69, 9.17) is 32.7 Å². The van der Waals surface area contributed by atoms with E-state index >= 15 is 0 Å². The molecule has 1 N–H and O–H groups in total. The van der Waals surface area contributed by atoms with Crippen molar-refractivity contribution in [1.29, 1.82) is 0 Å². The van der Waals surface area contributed by atoms with Crippen molar-refractivity contribution in [2.75, 3.05) is 11.9 Å². The fourth-order valence-corrected chi connectivity index (χ4v) is 3.19. The predicted octanol–water partition coefficient (Wildman–Crippen LogP) is 6.03. The number of anilines is 2. The molecule has 3 aromatic rings. The topological polar surface area (TPSA) is 77.5 Å². The SMILES string of the molecule is CCOC(=O)c1cnc2c(Cl)c(Cl)ccc2c1Nc1ccc(C(=O)OC(C)C)cc1. The molecular formula is C22H20Cl2N2O4. The van der Waals surface area contributed by atoms with Gasteiger partial charge in [-0.15, -0.1) is 0 Å². The van der Waals surface area contributed by atoms with Crippen LogP contribution < -0.4 is 5.32 Å². The first-order valence-corrected chi connectivity index (χ1v) is 10.1. The molecule has 0 bridgehead atoms. The Hall–Kier alpha value is -2.83. The number of ether oxygens (including phenoxy) is 2. The fourth-order valence-electron chi connectivity index (χ4n) is 2.82. The van der Waals surface area contributed by atoms with Crippen LogP contribution in [0.3, 0.4) is 0 Å². The molecule has 3 rings (SSSR count). The normalized spacial score (nSPS) is 10.9. The van der Waals surface area contributed by atoms with Gasteiger partial charge in [0.1, 0.15) is 5.56 Å². The second-order valence-corrected chi connectivity index (χ2v) is 7.47. The number of halogens is 2. The monoisotopic (exact) mass is 446 g/mol. The lowest BCUT2D eigenvalue weighted by atomic mass is 10.1. The Labute approximate surface area is 184 Å². The lowest BCUT2D eigenvalue weighted by molar-refractivity contribution is 0.0377. The molecule has 1 aromatic heterocycles. The molecule has 0 saturated heterocycles. The molecule has 30 heavy (non-hydrogen) atoms. The van der Waals surface area contributed by atoms with Crippen molar-refractivity contribution in [3.05, 3.63) is 63.8 Å². The zero-order chi connectivity index (χ0) is 21.8. The molecule has 0 amide bonds. The summed E-state index contributed by atoms with van der Waals surface area (Å²) < 4.78 is 10.4. The first kappa shape index (κ1) is 21.9. The number of pyridine rings is 1. The molecule has 0 spiro atoms. The van der Waals surface area contributed by atoms with Crippen molar-refractivity contribution in [3.8, 4) is 0 Å². The zero-order valence-corrected chi connectivity index (χ0v) is 18.2.